The Kier molecular flexibility index (Phi) is 1.77. The van der Waals surface area contributed by atoms with Gasteiger partial charge in [0.15, 0.2) is 0 Å². The molecule has 0 radical (unpaired) electrons. The van der Waals surface area contributed by atoms with Crippen LogP contribution in [0.5, 0.6) is 0 Å². The van der Waals surface area contributed by atoms with Crippen LogP contribution in [-0.2, 0) is 6.42 Å². The Morgan fingerprint density at radius 3 is 2.67 bits per heavy atom. The van der Waals surface area contributed by atoms with Crippen LogP contribution in [-0.4, -0.2) is 4.98 Å². The molecule has 1 aromatic heterocycles. The van der Waals surface area contributed by atoms with Crippen molar-refractivity contribution >= 4 is 11.3 Å². The largest absolute Gasteiger partial charge is 0.241 e. The van der Waals surface area contributed by atoms with Gasteiger partial charge in [-0.05, 0) is 43.5 Å². The summed E-state index contributed by atoms with van der Waals surface area (Å²) >= 11 is 1.83. The van der Waals surface area contributed by atoms with Gasteiger partial charge in [-0.15, -0.1) is 11.3 Å². The van der Waals surface area contributed by atoms with Crippen LogP contribution in [0.3, 0.4) is 0 Å². The molecule has 1 heterocycles. The van der Waals surface area contributed by atoms with Crippen LogP contribution in [0.2, 0.25) is 0 Å². The van der Waals surface area contributed by atoms with E-state index in [1.807, 2.05) is 11.3 Å². The smallest absolute Gasteiger partial charge is 0.0904 e. The average molecular weight is 215 g/mol. The Labute approximate surface area is 93.8 Å². The fraction of sp³-hybridized carbons (Fsp3) is 0.308. The first kappa shape index (κ1) is 9.10. The van der Waals surface area contributed by atoms with Gasteiger partial charge in [-0.3, -0.25) is 0 Å². The molecule has 0 fully saturated rings. The summed E-state index contributed by atoms with van der Waals surface area (Å²) in [5, 5.41) is 1.18. The van der Waals surface area contributed by atoms with E-state index >= 15 is 0 Å². The normalized spacial score (nSPS) is 12.7. The molecule has 3 rings (SSSR count). The van der Waals surface area contributed by atoms with Gasteiger partial charge in [0, 0.05) is 16.9 Å². The molecule has 1 aliphatic rings. The van der Waals surface area contributed by atoms with Gasteiger partial charge >= 0.3 is 0 Å². The molecule has 0 spiro atoms. The van der Waals surface area contributed by atoms with Gasteiger partial charge in [0.25, 0.3) is 0 Å². The van der Waals surface area contributed by atoms with E-state index < -0.39 is 0 Å². The summed E-state index contributed by atoms with van der Waals surface area (Å²) in [5.74, 6) is 0. The number of nitrogens with zero attached hydrogens (tertiary/aromatic N) is 1. The van der Waals surface area contributed by atoms with Crippen LogP contribution in [0.1, 0.15) is 26.6 Å². The fourth-order valence-electron chi connectivity index (χ4n) is 2.22. The van der Waals surface area contributed by atoms with Crippen molar-refractivity contribution in [2.24, 2.45) is 0 Å². The topological polar surface area (TPSA) is 12.9 Å². The summed E-state index contributed by atoms with van der Waals surface area (Å²) in [5.41, 5.74) is 6.80. The second-order valence-electron chi connectivity index (χ2n) is 4.28. The molecular formula is C13H13NS. The quantitative estimate of drug-likeness (QED) is 0.558. The molecule has 0 saturated carbocycles. The monoisotopic (exact) mass is 215 g/mol. The third-order valence-electron chi connectivity index (χ3n) is 3.13. The Balaban J connectivity index is 2.27. The predicted molar refractivity (Wildman–Crippen MR) is 64.6 cm³/mol. The van der Waals surface area contributed by atoms with Crippen LogP contribution in [0.15, 0.2) is 12.1 Å². The Bertz CT molecular complexity index is 552. The first-order valence-electron chi connectivity index (χ1n) is 5.22. The number of aromatic nitrogens is 1. The summed E-state index contributed by atoms with van der Waals surface area (Å²) in [6, 6.07) is 4.60. The Morgan fingerprint density at radius 1 is 1.13 bits per heavy atom. The van der Waals surface area contributed by atoms with Gasteiger partial charge in [0.2, 0.25) is 0 Å². The summed E-state index contributed by atoms with van der Waals surface area (Å²) in [4.78, 5) is 6.06. The molecule has 2 heteroatoms. The third-order valence-corrected chi connectivity index (χ3v) is 4.10. The van der Waals surface area contributed by atoms with E-state index in [2.05, 4.69) is 37.9 Å². The molecule has 2 aromatic rings. The molecule has 0 bridgehead atoms. The first-order chi connectivity index (χ1) is 7.15. The number of rotatable bonds is 0. The zero-order valence-electron chi connectivity index (χ0n) is 9.22. The van der Waals surface area contributed by atoms with E-state index in [-0.39, 0.29) is 0 Å². The van der Waals surface area contributed by atoms with E-state index in [4.69, 9.17) is 0 Å². The molecule has 0 atom stereocenters. The molecule has 0 amide bonds. The van der Waals surface area contributed by atoms with Crippen molar-refractivity contribution in [2.75, 3.05) is 0 Å². The van der Waals surface area contributed by atoms with Crippen LogP contribution >= 0.6 is 11.3 Å². The summed E-state index contributed by atoms with van der Waals surface area (Å²) in [6.45, 7) is 6.44. The highest BCUT2D eigenvalue weighted by molar-refractivity contribution is 7.12. The molecule has 15 heavy (non-hydrogen) atoms. The van der Waals surface area contributed by atoms with Crippen molar-refractivity contribution in [2.45, 2.75) is 27.2 Å². The number of aryl methyl sites for hydroxylation is 3. The lowest BCUT2D eigenvalue weighted by atomic mass is 10.0. The molecule has 1 aliphatic carbocycles. The minimum atomic E-state index is 1.08. The van der Waals surface area contributed by atoms with Gasteiger partial charge in [0.05, 0.1) is 10.7 Å². The van der Waals surface area contributed by atoms with Crippen LogP contribution < -0.4 is 0 Å². The lowest BCUT2D eigenvalue weighted by molar-refractivity contribution is 1.25. The molecule has 1 nitrogen and oxygen atoms in total. The molecule has 76 valence electrons. The molecule has 0 unspecified atom stereocenters. The third kappa shape index (κ3) is 1.25. The number of thiazole rings is 1. The highest BCUT2D eigenvalue weighted by atomic mass is 32.1. The van der Waals surface area contributed by atoms with Crippen molar-refractivity contribution in [3.63, 3.8) is 0 Å². The standard InChI is InChI=1S/C13H13NS/c1-7-4-10-6-12-13(14-9(3)15-12)11(10)5-8(7)2/h4-5H,6H2,1-3H3. The van der Waals surface area contributed by atoms with E-state index in [1.54, 1.807) is 0 Å². The summed E-state index contributed by atoms with van der Waals surface area (Å²) < 4.78 is 0. The van der Waals surface area contributed by atoms with Crippen LogP contribution in [0.25, 0.3) is 11.3 Å². The van der Waals surface area contributed by atoms with Crippen molar-refractivity contribution in [1.29, 1.82) is 0 Å². The Hall–Kier alpha value is -1.15. The SMILES string of the molecule is Cc1nc2c(s1)Cc1cc(C)c(C)cc1-2. The van der Waals surface area contributed by atoms with Gasteiger partial charge in [0.1, 0.15) is 0 Å². The zero-order valence-corrected chi connectivity index (χ0v) is 10.0. The maximum absolute atomic E-state index is 4.62. The van der Waals surface area contributed by atoms with Crippen molar-refractivity contribution < 1.29 is 0 Å². The minimum absolute atomic E-state index is 1.08. The van der Waals surface area contributed by atoms with Gasteiger partial charge in [-0.2, -0.15) is 0 Å². The second-order valence-corrected chi connectivity index (χ2v) is 5.56. The molecule has 1 aromatic carbocycles. The minimum Gasteiger partial charge on any atom is -0.241 e. The van der Waals surface area contributed by atoms with Gasteiger partial charge in [-0.1, -0.05) is 6.07 Å². The first-order valence-corrected chi connectivity index (χ1v) is 6.03. The van der Waals surface area contributed by atoms with E-state index in [1.165, 1.54) is 37.8 Å². The lowest BCUT2D eigenvalue weighted by Crippen LogP contribution is -1.87. The highest BCUT2D eigenvalue weighted by Gasteiger charge is 2.22. The number of fused-ring (bicyclic) bond motifs is 3. The predicted octanol–water partition coefficient (Wildman–Crippen LogP) is 3.64. The van der Waals surface area contributed by atoms with Crippen molar-refractivity contribution in [1.82, 2.24) is 4.98 Å². The summed E-state index contributed by atoms with van der Waals surface area (Å²) in [6.07, 6.45) is 1.08. The van der Waals surface area contributed by atoms with E-state index in [0.29, 0.717) is 0 Å². The molecule has 0 saturated heterocycles. The maximum Gasteiger partial charge on any atom is 0.0904 e. The number of hydrogen-bond donors (Lipinski definition) is 0. The lowest BCUT2D eigenvalue weighted by Gasteiger charge is -2.04. The van der Waals surface area contributed by atoms with Crippen molar-refractivity contribution in [3.05, 3.63) is 38.7 Å². The van der Waals surface area contributed by atoms with Crippen LogP contribution in [0.4, 0.5) is 0 Å². The maximum atomic E-state index is 4.62. The number of benzene rings is 1. The zero-order chi connectivity index (χ0) is 10.6. The second kappa shape index (κ2) is 2.92. The van der Waals surface area contributed by atoms with Gasteiger partial charge < -0.3 is 0 Å². The van der Waals surface area contributed by atoms with E-state index in [0.717, 1.165) is 6.42 Å². The highest BCUT2D eigenvalue weighted by Crippen LogP contribution is 2.40. The Morgan fingerprint density at radius 2 is 1.87 bits per heavy atom. The van der Waals surface area contributed by atoms with Gasteiger partial charge in [-0.25, -0.2) is 4.98 Å². The van der Waals surface area contributed by atoms with Crippen LogP contribution in [0, 0.1) is 20.8 Å². The number of hydrogen-bond acceptors (Lipinski definition) is 2. The summed E-state index contributed by atoms with van der Waals surface area (Å²) in [7, 11) is 0. The fourth-order valence-corrected chi connectivity index (χ4v) is 3.19. The average Bonchev–Trinajstić information content (AvgIpc) is 2.64. The molecule has 0 aliphatic heterocycles. The van der Waals surface area contributed by atoms with E-state index in [9.17, 15) is 0 Å². The van der Waals surface area contributed by atoms with Crippen molar-refractivity contribution in [3.8, 4) is 11.3 Å². The molecule has 0 N–H and O–H groups in total. The molecular weight excluding hydrogens is 202 g/mol.